The van der Waals surface area contributed by atoms with Crippen LogP contribution in [0.4, 0.5) is 11.4 Å². The Morgan fingerprint density at radius 1 is 1.19 bits per heavy atom. The number of benzene rings is 1. The number of nitrogen functional groups attached to an aromatic ring is 1. The molecular weight excluding hydrogens is 290 g/mol. The van der Waals surface area contributed by atoms with Crippen molar-refractivity contribution in [1.29, 1.82) is 0 Å². The van der Waals surface area contributed by atoms with Gasteiger partial charge in [0.15, 0.2) is 0 Å². The number of nitrogens with one attached hydrogen (secondary N) is 2. The van der Waals surface area contributed by atoms with Crippen LogP contribution in [0.1, 0.15) is 33.6 Å². The Hall–Kier alpha value is -1.60. The van der Waals surface area contributed by atoms with E-state index in [0.29, 0.717) is 17.8 Å². The van der Waals surface area contributed by atoms with Gasteiger partial charge < -0.3 is 11.1 Å². The maximum Gasteiger partial charge on any atom is 0.224 e. The average molecular weight is 313 g/mol. The predicted octanol–water partition coefficient (Wildman–Crippen LogP) is 1.71. The Kier molecular flexibility index (Phi) is 5.74. The molecule has 1 amide bonds. The molecule has 0 saturated heterocycles. The minimum Gasteiger partial charge on any atom is -0.399 e. The fourth-order valence-corrected chi connectivity index (χ4v) is 2.31. The van der Waals surface area contributed by atoms with Crippen LogP contribution in [0.3, 0.4) is 0 Å². The van der Waals surface area contributed by atoms with Crippen molar-refractivity contribution in [3.8, 4) is 0 Å². The van der Waals surface area contributed by atoms with E-state index in [1.165, 1.54) is 0 Å². The number of carbonyl (C=O) groups is 1. The summed E-state index contributed by atoms with van der Waals surface area (Å²) in [5.41, 5.74) is 6.85. The molecule has 6 nitrogen and oxygen atoms in total. The second kappa shape index (κ2) is 6.91. The Balaban J connectivity index is 2.33. The molecule has 21 heavy (non-hydrogen) atoms. The monoisotopic (exact) mass is 313 g/mol. The number of hydrogen-bond acceptors (Lipinski definition) is 4. The molecule has 0 aliphatic heterocycles. The molecule has 4 N–H and O–H groups in total. The molecule has 7 heteroatoms. The molecule has 0 saturated carbocycles. The van der Waals surface area contributed by atoms with Gasteiger partial charge in [0, 0.05) is 24.3 Å². The largest absolute Gasteiger partial charge is 0.399 e. The summed E-state index contributed by atoms with van der Waals surface area (Å²) in [4.78, 5) is 11.7. The number of carbonyl (C=O) groups excluding carboxylic acids is 1. The van der Waals surface area contributed by atoms with Gasteiger partial charge in [-0.05, 0) is 51.5 Å². The van der Waals surface area contributed by atoms with Crippen molar-refractivity contribution in [2.75, 3.05) is 17.6 Å². The number of anilines is 2. The summed E-state index contributed by atoms with van der Waals surface area (Å²) >= 11 is 0. The highest BCUT2D eigenvalue weighted by Gasteiger charge is 2.28. The molecular formula is C14H23N3O3S. The molecule has 0 fully saturated rings. The van der Waals surface area contributed by atoms with Gasteiger partial charge >= 0.3 is 0 Å². The van der Waals surface area contributed by atoms with Gasteiger partial charge in [-0.15, -0.1) is 0 Å². The van der Waals surface area contributed by atoms with Crippen molar-refractivity contribution >= 4 is 27.3 Å². The first-order valence-corrected chi connectivity index (χ1v) is 8.25. The van der Waals surface area contributed by atoms with E-state index in [2.05, 4.69) is 10.0 Å². The molecule has 0 aliphatic rings. The van der Waals surface area contributed by atoms with Crippen molar-refractivity contribution in [3.05, 3.63) is 24.3 Å². The van der Waals surface area contributed by atoms with Crippen LogP contribution in [0.25, 0.3) is 0 Å². The van der Waals surface area contributed by atoms with E-state index < -0.39 is 14.8 Å². The van der Waals surface area contributed by atoms with Gasteiger partial charge in [0.05, 0.1) is 4.75 Å². The normalized spacial score (nSPS) is 12.1. The maximum atomic E-state index is 11.8. The van der Waals surface area contributed by atoms with Crippen molar-refractivity contribution < 1.29 is 13.2 Å². The fraction of sp³-hybridized carbons (Fsp3) is 0.500. The zero-order valence-corrected chi connectivity index (χ0v) is 13.5. The summed E-state index contributed by atoms with van der Waals surface area (Å²) in [5.74, 6) is -0.158. The van der Waals surface area contributed by atoms with Crippen LogP contribution in [-0.4, -0.2) is 25.6 Å². The third-order valence-electron chi connectivity index (χ3n) is 2.87. The molecule has 0 aliphatic carbocycles. The van der Waals surface area contributed by atoms with Crippen molar-refractivity contribution in [2.24, 2.45) is 0 Å². The van der Waals surface area contributed by atoms with Crippen LogP contribution in [0.5, 0.6) is 0 Å². The maximum absolute atomic E-state index is 11.8. The van der Waals surface area contributed by atoms with Crippen molar-refractivity contribution in [1.82, 2.24) is 4.72 Å². The number of rotatable bonds is 6. The summed E-state index contributed by atoms with van der Waals surface area (Å²) in [6, 6.07) is 6.84. The molecule has 118 valence electrons. The number of nitrogens with two attached hydrogens (primary N) is 1. The lowest BCUT2D eigenvalue weighted by Crippen LogP contribution is -2.39. The highest BCUT2D eigenvalue weighted by atomic mass is 32.2. The Labute approximate surface area is 126 Å². The topological polar surface area (TPSA) is 101 Å². The Bertz CT molecular complexity index is 574. The smallest absolute Gasteiger partial charge is 0.224 e. The summed E-state index contributed by atoms with van der Waals surface area (Å²) in [6.07, 6.45) is 0.688. The lowest BCUT2D eigenvalue weighted by molar-refractivity contribution is -0.116. The predicted molar refractivity (Wildman–Crippen MR) is 85.4 cm³/mol. The van der Waals surface area contributed by atoms with Crippen LogP contribution < -0.4 is 15.8 Å². The molecule has 1 aromatic carbocycles. The molecule has 1 aromatic rings. The van der Waals surface area contributed by atoms with Gasteiger partial charge in [-0.1, -0.05) is 0 Å². The average Bonchev–Trinajstić information content (AvgIpc) is 2.36. The van der Waals surface area contributed by atoms with Gasteiger partial charge in [-0.2, -0.15) is 0 Å². The molecule has 0 atom stereocenters. The van der Waals surface area contributed by atoms with Crippen molar-refractivity contribution in [2.45, 2.75) is 38.4 Å². The number of amides is 1. The highest BCUT2D eigenvalue weighted by Crippen LogP contribution is 2.13. The molecule has 0 spiro atoms. The van der Waals surface area contributed by atoms with Crippen LogP contribution in [0.15, 0.2) is 24.3 Å². The minimum atomic E-state index is -3.35. The van der Waals surface area contributed by atoms with E-state index in [4.69, 9.17) is 5.73 Å². The van der Waals surface area contributed by atoms with Gasteiger partial charge in [-0.3, -0.25) is 4.79 Å². The third kappa shape index (κ3) is 5.73. The molecule has 0 bridgehead atoms. The second-order valence-corrected chi connectivity index (χ2v) is 8.30. The minimum absolute atomic E-state index is 0.158. The van der Waals surface area contributed by atoms with E-state index in [0.717, 1.165) is 0 Å². The Morgan fingerprint density at radius 2 is 1.76 bits per heavy atom. The van der Waals surface area contributed by atoms with E-state index >= 15 is 0 Å². The number of hydrogen-bond donors (Lipinski definition) is 3. The lowest BCUT2D eigenvalue weighted by atomic mass is 10.2. The van der Waals surface area contributed by atoms with E-state index in [-0.39, 0.29) is 18.9 Å². The number of sulfonamides is 1. The third-order valence-corrected chi connectivity index (χ3v) is 5.07. The molecule has 0 unspecified atom stereocenters. The van der Waals surface area contributed by atoms with Crippen LogP contribution in [0.2, 0.25) is 0 Å². The SMILES string of the molecule is CC(C)(C)S(=O)(=O)NCCCC(=O)Nc1ccc(N)cc1. The molecule has 1 rings (SSSR count). The standard InChI is InChI=1S/C14H23N3O3S/c1-14(2,3)21(19,20)16-10-4-5-13(18)17-12-8-6-11(15)7-9-12/h6-9,16H,4-5,10,15H2,1-3H3,(H,17,18). The first-order chi connectivity index (χ1) is 9.62. The van der Waals surface area contributed by atoms with Gasteiger partial charge in [0.2, 0.25) is 15.9 Å². The van der Waals surface area contributed by atoms with E-state index in [1.807, 2.05) is 0 Å². The quantitative estimate of drug-likeness (QED) is 0.549. The van der Waals surface area contributed by atoms with Crippen LogP contribution in [0, 0.1) is 0 Å². The zero-order chi connectivity index (χ0) is 16.1. The second-order valence-electron chi connectivity index (χ2n) is 5.78. The summed E-state index contributed by atoms with van der Waals surface area (Å²) in [6.45, 7) is 5.13. The highest BCUT2D eigenvalue weighted by molar-refractivity contribution is 7.90. The van der Waals surface area contributed by atoms with Gasteiger partial charge in [-0.25, -0.2) is 13.1 Å². The first kappa shape index (κ1) is 17.5. The van der Waals surface area contributed by atoms with E-state index in [9.17, 15) is 13.2 Å². The van der Waals surface area contributed by atoms with E-state index in [1.54, 1.807) is 45.0 Å². The molecule has 0 aromatic heterocycles. The molecule has 0 radical (unpaired) electrons. The lowest BCUT2D eigenvalue weighted by Gasteiger charge is -2.19. The van der Waals surface area contributed by atoms with Crippen molar-refractivity contribution in [3.63, 3.8) is 0 Å². The summed E-state index contributed by atoms with van der Waals surface area (Å²) in [5, 5.41) is 2.73. The fourth-order valence-electron chi connectivity index (χ4n) is 1.46. The zero-order valence-electron chi connectivity index (χ0n) is 12.6. The van der Waals surface area contributed by atoms with Gasteiger partial charge in [0.1, 0.15) is 0 Å². The van der Waals surface area contributed by atoms with Crippen LogP contribution in [-0.2, 0) is 14.8 Å². The first-order valence-electron chi connectivity index (χ1n) is 6.76. The van der Waals surface area contributed by atoms with Gasteiger partial charge in [0.25, 0.3) is 0 Å². The summed E-state index contributed by atoms with van der Waals surface area (Å²) < 4.78 is 25.2. The van der Waals surface area contributed by atoms with Crippen LogP contribution >= 0.6 is 0 Å². The molecule has 0 heterocycles. The Morgan fingerprint density at radius 3 is 2.29 bits per heavy atom. The summed E-state index contributed by atoms with van der Waals surface area (Å²) in [7, 11) is -3.35.